The van der Waals surface area contributed by atoms with Gasteiger partial charge in [0.1, 0.15) is 11.5 Å². The molecular formula is C12H14ClN3O2S2. The quantitative estimate of drug-likeness (QED) is 0.917. The van der Waals surface area contributed by atoms with E-state index >= 15 is 0 Å². The predicted octanol–water partition coefficient (Wildman–Crippen LogP) is 2.52. The van der Waals surface area contributed by atoms with Crippen molar-refractivity contribution in [2.45, 2.75) is 19.4 Å². The van der Waals surface area contributed by atoms with Crippen LogP contribution in [0.3, 0.4) is 0 Å². The zero-order valence-corrected chi connectivity index (χ0v) is 13.2. The van der Waals surface area contributed by atoms with Crippen LogP contribution >= 0.6 is 22.9 Å². The van der Waals surface area contributed by atoms with Gasteiger partial charge >= 0.3 is 0 Å². The van der Waals surface area contributed by atoms with Gasteiger partial charge in [0.15, 0.2) is 9.84 Å². The minimum atomic E-state index is -2.96. The predicted molar refractivity (Wildman–Crippen MR) is 82.0 cm³/mol. The molecule has 108 valence electrons. The Bertz CT molecular complexity index is 764. The van der Waals surface area contributed by atoms with Gasteiger partial charge in [-0.2, -0.15) is 5.10 Å². The number of anilines is 1. The van der Waals surface area contributed by atoms with Crippen LogP contribution in [-0.4, -0.2) is 29.7 Å². The number of halogens is 1. The summed E-state index contributed by atoms with van der Waals surface area (Å²) in [5.74, 6) is 0.852. The molecule has 1 unspecified atom stereocenters. The number of nitrogen functional groups attached to an aromatic ring is 1. The Labute approximate surface area is 126 Å². The summed E-state index contributed by atoms with van der Waals surface area (Å²) in [5.41, 5.74) is 7.74. The lowest BCUT2D eigenvalue weighted by atomic mass is 10.2. The van der Waals surface area contributed by atoms with E-state index in [1.165, 1.54) is 11.3 Å². The molecule has 2 aromatic heterocycles. The summed E-state index contributed by atoms with van der Waals surface area (Å²) in [4.78, 5) is 0.943. The van der Waals surface area contributed by atoms with Crippen LogP contribution in [0.5, 0.6) is 0 Å². The van der Waals surface area contributed by atoms with Crippen LogP contribution in [0.15, 0.2) is 12.1 Å². The van der Waals surface area contributed by atoms with Gasteiger partial charge in [0.25, 0.3) is 0 Å². The highest BCUT2D eigenvalue weighted by Crippen LogP contribution is 2.36. The summed E-state index contributed by atoms with van der Waals surface area (Å²) < 4.78 is 25.5. The molecule has 0 radical (unpaired) electrons. The standard InChI is InChI=1S/C12H14ClN3O2S2/c1-7-11(9-2-3-10(13)19-9)15-16(12(7)14)8-4-5-20(17,18)6-8/h2-3,8H,4-6,14H2,1H3. The number of nitrogens with two attached hydrogens (primary N) is 1. The van der Waals surface area contributed by atoms with Crippen molar-refractivity contribution in [1.82, 2.24) is 9.78 Å². The molecule has 3 heterocycles. The Balaban J connectivity index is 2.02. The van der Waals surface area contributed by atoms with E-state index in [0.29, 0.717) is 16.6 Å². The first-order chi connectivity index (χ1) is 9.37. The maximum atomic E-state index is 11.6. The monoisotopic (exact) mass is 331 g/mol. The number of thiophene rings is 1. The first-order valence-electron chi connectivity index (χ1n) is 6.18. The maximum absolute atomic E-state index is 11.6. The second-order valence-corrected chi connectivity index (χ2v) is 8.91. The Morgan fingerprint density at radius 1 is 1.50 bits per heavy atom. The molecule has 0 saturated carbocycles. The summed E-state index contributed by atoms with van der Waals surface area (Å²) in [7, 11) is -2.96. The van der Waals surface area contributed by atoms with Gasteiger partial charge in [0.2, 0.25) is 0 Å². The molecule has 1 aliphatic rings. The van der Waals surface area contributed by atoms with Crippen molar-refractivity contribution in [3.8, 4) is 10.6 Å². The van der Waals surface area contributed by atoms with Crippen LogP contribution in [0.2, 0.25) is 4.34 Å². The number of aromatic nitrogens is 2. The van der Waals surface area contributed by atoms with Crippen molar-refractivity contribution in [1.29, 1.82) is 0 Å². The van der Waals surface area contributed by atoms with E-state index in [4.69, 9.17) is 17.3 Å². The molecule has 0 bridgehead atoms. The Morgan fingerprint density at radius 2 is 2.25 bits per heavy atom. The third-order valence-electron chi connectivity index (χ3n) is 3.55. The van der Waals surface area contributed by atoms with E-state index in [-0.39, 0.29) is 17.5 Å². The molecule has 3 rings (SSSR count). The molecule has 20 heavy (non-hydrogen) atoms. The normalized spacial score (nSPS) is 21.4. The molecular weight excluding hydrogens is 318 g/mol. The molecule has 0 spiro atoms. The van der Waals surface area contributed by atoms with Crippen molar-refractivity contribution < 1.29 is 8.42 Å². The maximum Gasteiger partial charge on any atom is 0.152 e. The molecule has 1 aliphatic heterocycles. The van der Waals surface area contributed by atoms with E-state index < -0.39 is 9.84 Å². The number of nitrogens with zero attached hydrogens (tertiary/aromatic N) is 2. The first kappa shape index (κ1) is 13.9. The number of sulfone groups is 1. The minimum absolute atomic E-state index is 0.114. The van der Waals surface area contributed by atoms with Crippen LogP contribution in [0.4, 0.5) is 5.82 Å². The number of hydrogen-bond acceptors (Lipinski definition) is 5. The summed E-state index contributed by atoms with van der Waals surface area (Å²) in [5, 5.41) is 4.52. The number of rotatable bonds is 2. The Morgan fingerprint density at radius 3 is 2.80 bits per heavy atom. The Hall–Kier alpha value is -1.05. The molecule has 0 aliphatic carbocycles. The van der Waals surface area contributed by atoms with Crippen molar-refractivity contribution >= 4 is 38.6 Å². The minimum Gasteiger partial charge on any atom is -0.384 e. The Kier molecular flexibility index (Phi) is 3.30. The van der Waals surface area contributed by atoms with Crippen LogP contribution in [0.1, 0.15) is 18.0 Å². The lowest BCUT2D eigenvalue weighted by molar-refractivity contribution is 0.508. The van der Waals surface area contributed by atoms with Gasteiger partial charge in [0, 0.05) is 5.56 Å². The van der Waals surface area contributed by atoms with Gasteiger partial charge in [-0.1, -0.05) is 11.6 Å². The van der Waals surface area contributed by atoms with Gasteiger partial charge in [-0.15, -0.1) is 11.3 Å². The fraction of sp³-hybridized carbons (Fsp3) is 0.417. The van der Waals surface area contributed by atoms with Crippen LogP contribution in [0.25, 0.3) is 10.6 Å². The highest BCUT2D eigenvalue weighted by atomic mass is 35.5. The topological polar surface area (TPSA) is 78.0 Å². The largest absolute Gasteiger partial charge is 0.384 e. The molecule has 0 amide bonds. The van der Waals surface area contributed by atoms with Crippen LogP contribution in [0, 0.1) is 6.92 Å². The lowest BCUT2D eigenvalue weighted by Gasteiger charge is -2.10. The molecule has 1 saturated heterocycles. The lowest BCUT2D eigenvalue weighted by Crippen LogP contribution is -2.14. The van der Waals surface area contributed by atoms with Crippen LogP contribution < -0.4 is 5.73 Å². The molecule has 2 N–H and O–H groups in total. The average Bonchev–Trinajstić information content (AvgIpc) is 3.01. The van der Waals surface area contributed by atoms with Crippen molar-refractivity contribution in [2.75, 3.05) is 17.2 Å². The third kappa shape index (κ3) is 2.34. The highest BCUT2D eigenvalue weighted by Gasteiger charge is 2.32. The highest BCUT2D eigenvalue weighted by molar-refractivity contribution is 7.91. The van der Waals surface area contributed by atoms with E-state index in [1.54, 1.807) is 4.68 Å². The van der Waals surface area contributed by atoms with Gasteiger partial charge in [-0.25, -0.2) is 13.1 Å². The van der Waals surface area contributed by atoms with E-state index in [1.807, 2.05) is 19.1 Å². The van der Waals surface area contributed by atoms with Crippen molar-refractivity contribution in [3.63, 3.8) is 0 Å². The number of hydrogen-bond donors (Lipinski definition) is 1. The summed E-state index contributed by atoms with van der Waals surface area (Å²) >= 11 is 7.38. The van der Waals surface area contributed by atoms with Gasteiger partial charge < -0.3 is 5.73 Å². The molecule has 1 atom stereocenters. The average molecular weight is 332 g/mol. The molecule has 0 aromatic carbocycles. The van der Waals surface area contributed by atoms with Crippen LogP contribution in [-0.2, 0) is 9.84 Å². The molecule has 2 aromatic rings. The van der Waals surface area contributed by atoms with Gasteiger partial charge in [-0.3, -0.25) is 0 Å². The fourth-order valence-corrected chi connectivity index (χ4v) is 5.23. The van der Waals surface area contributed by atoms with Gasteiger partial charge in [-0.05, 0) is 25.5 Å². The zero-order valence-electron chi connectivity index (χ0n) is 10.8. The smallest absolute Gasteiger partial charge is 0.152 e. The van der Waals surface area contributed by atoms with Crippen molar-refractivity contribution in [2.24, 2.45) is 0 Å². The molecule has 5 nitrogen and oxygen atoms in total. The van der Waals surface area contributed by atoms with Gasteiger partial charge in [0.05, 0.1) is 26.8 Å². The third-order valence-corrected chi connectivity index (χ3v) is 6.54. The SMILES string of the molecule is Cc1c(-c2ccc(Cl)s2)nn(C2CCS(=O)(=O)C2)c1N. The van der Waals surface area contributed by atoms with E-state index in [2.05, 4.69) is 5.10 Å². The summed E-state index contributed by atoms with van der Waals surface area (Å²) in [6.07, 6.45) is 0.568. The second-order valence-electron chi connectivity index (χ2n) is 4.96. The second kappa shape index (κ2) is 4.75. The zero-order chi connectivity index (χ0) is 14.5. The summed E-state index contributed by atoms with van der Waals surface area (Å²) in [6.45, 7) is 1.89. The first-order valence-corrected chi connectivity index (χ1v) is 9.20. The molecule has 1 fully saturated rings. The van der Waals surface area contributed by atoms with E-state index in [0.717, 1.165) is 16.1 Å². The fourth-order valence-electron chi connectivity index (χ4n) is 2.45. The van der Waals surface area contributed by atoms with Crippen molar-refractivity contribution in [3.05, 3.63) is 22.0 Å². The van der Waals surface area contributed by atoms with E-state index in [9.17, 15) is 8.42 Å². The summed E-state index contributed by atoms with van der Waals surface area (Å²) in [6, 6.07) is 3.55. The molecule has 8 heteroatoms.